The van der Waals surface area contributed by atoms with Crippen LogP contribution in [0.4, 0.5) is 0 Å². The number of ether oxygens (including phenoxy) is 1. The molecule has 3 atom stereocenters. The summed E-state index contributed by atoms with van der Waals surface area (Å²) in [5, 5.41) is 9.12. The Morgan fingerprint density at radius 3 is 2.62 bits per heavy atom. The van der Waals surface area contributed by atoms with Crippen LogP contribution in [0.3, 0.4) is 0 Å². The molecule has 0 bridgehead atoms. The van der Waals surface area contributed by atoms with Crippen LogP contribution < -0.4 is 0 Å². The number of methoxy groups -OCH3 is 1. The van der Waals surface area contributed by atoms with Crippen LogP contribution in [-0.2, 0) is 19.1 Å². The molecule has 0 aromatic rings. The molecule has 3 unspecified atom stereocenters. The first-order chi connectivity index (χ1) is 9.93. The predicted octanol–water partition coefficient (Wildman–Crippen LogP) is -0.340. The van der Waals surface area contributed by atoms with Crippen molar-refractivity contribution in [2.24, 2.45) is 17.8 Å². The minimum atomic E-state index is -0.859. The lowest BCUT2D eigenvalue weighted by atomic mass is 9.99. The minimum Gasteiger partial charge on any atom is -0.481 e. The van der Waals surface area contributed by atoms with E-state index < -0.39 is 11.9 Å². The SMILES string of the molecule is COCCN1CC(C(=O)N2CC(C)C(C(=O)O)C2)CC1=O. The van der Waals surface area contributed by atoms with Crippen LogP contribution in [-0.4, -0.2) is 72.6 Å². The van der Waals surface area contributed by atoms with E-state index in [1.165, 1.54) is 0 Å². The third kappa shape index (κ3) is 3.34. The Kier molecular flexibility index (Phi) is 4.82. The third-order valence-electron chi connectivity index (χ3n) is 4.37. The third-order valence-corrected chi connectivity index (χ3v) is 4.37. The summed E-state index contributed by atoms with van der Waals surface area (Å²) in [5.41, 5.74) is 0. The van der Waals surface area contributed by atoms with E-state index in [4.69, 9.17) is 9.84 Å². The monoisotopic (exact) mass is 298 g/mol. The molecule has 7 heteroatoms. The van der Waals surface area contributed by atoms with E-state index in [1.54, 1.807) is 16.9 Å². The van der Waals surface area contributed by atoms with Crippen molar-refractivity contribution in [2.45, 2.75) is 13.3 Å². The largest absolute Gasteiger partial charge is 0.481 e. The van der Waals surface area contributed by atoms with Gasteiger partial charge in [0.2, 0.25) is 11.8 Å². The first-order valence-electron chi connectivity index (χ1n) is 7.22. The van der Waals surface area contributed by atoms with Gasteiger partial charge in [0.05, 0.1) is 18.4 Å². The number of amides is 2. The Hall–Kier alpha value is -1.63. The smallest absolute Gasteiger partial charge is 0.308 e. The van der Waals surface area contributed by atoms with Crippen molar-refractivity contribution in [1.29, 1.82) is 0 Å². The Bertz CT molecular complexity index is 439. The summed E-state index contributed by atoms with van der Waals surface area (Å²) in [6, 6.07) is 0. The summed E-state index contributed by atoms with van der Waals surface area (Å²) in [6.07, 6.45) is 0.213. The van der Waals surface area contributed by atoms with Crippen molar-refractivity contribution >= 4 is 17.8 Å². The highest BCUT2D eigenvalue weighted by Crippen LogP contribution is 2.27. The topological polar surface area (TPSA) is 87.2 Å². The lowest BCUT2D eigenvalue weighted by Gasteiger charge is -2.20. The van der Waals surface area contributed by atoms with Gasteiger partial charge in [0.25, 0.3) is 0 Å². The van der Waals surface area contributed by atoms with Gasteiger partial charge in [0.1, 0.15) is 0 Å². The summed E-state index contributed by atoms with van der Waals surface area (Å²) >= 11 is 0. The Balaban J connectivity index is 1.93. The van der Waals surface area contributed by atoms with Gasteiger partial charge in [-0.15, -0.1) is 0 Å². The maximum atomic E-state index is 12.4. The number of likely N-dealkylation sites (tertiary alicyclic amines) is 2. The predicted molar refractivity (Wildman–Crippen MR) is 73.4 cm³/mol. The number of nitrogens with zero attached hydrogens (tertiary/aromatic N) is 2. The molecule has 2 saturated heterocycles. The van der Waals surface area contributed by atoms with Gasteiger partial charge in [-0.25, -0.2) is 0 Å². The number of carbonyl (C=O) groups excluding carboxylic acids is 2. The number of carboxylic acids is 1. The standard InChI is InChI=1S/C14H22N2O5/c1-9-6-16(8-11(9)14(19)20)13(18)10-5-12(17)15(7-10)3-4-21-2/h9-11H,3-8H2,1-2H3,(H,19,20). The van der Waals surface area contributed by atoms with Gasteiger partial charge < -0.3 is 19.6 Å². The van der Waals surface area contributed by atoms with Gasteiger partial charge in [-0.05, 0) is 5.92 Å². The van der Waals surface area contributed by atoms with Gasteiger partial charge in [-0.1, -0.05) is 6.92 Å². The molecule has 21 heavy (non-hydrogen) atoms. The summed E-state index contributed by atoms with van der Waals surface area (Å²) in [5.74, 6) is -1.90. The number of rotatable bonds is 5. The molecule has 0 spiro atoms. The van der Waals surface area contributed by atoms with E-state index in [0.29, 0.717) is 26.2 Å². The van der Waals surface area contributed by atoms with Crippen LogP contribution in [0.2, 0.25) is 0 Å². The molecule has 118 valence electrons. The number of hydrogen-bond acceptors (Lipinski definition) is 4. The second-order valence-corrected chi connectivity index (χ2v) is 5.90. The lowest BCUT2D eigenvalue weighted by molar-refractivity contribution is -0.142. The van der Waals surface area contributed by atoms with E-state index in [-0.39, 0.29) is 36.6 Å². The van der Waals surface area contributed by atoms with E-state index in [1.807, 2.05) is 6.92 Å². The van der Waals surface area contributed by atoms with Crippen LogP contribution >= 0.6 is 0 Å². The van der Waals surface area contributed by atoms with E-state index in [9.17, 15) is 14.4 Å². The Morgan fingerprint density at radius 1 is 1.33 bits per heavy atom. The fourth-order valence-electron chi connectivity index (χ4n) is 3.08. The fourth-order valence-corrected chi connectivity index (χ4v) is 3.08. The molecule has 2 aliphatic heterocycles. The zero-order valence-corrected chi connectivity index (χ0v) is 12.4. The molecule has 0 saturated carbocycles. The fraction of sp³-hybridized carbons (Fsp3) is 0.786. The molecule has 2 fully saturated rings. The molecule has 2 amide bonds. The summed E-state index contributed by atoms with van der Waals surface area (Å²) in [4.78, 5) is 38.6. The number of hydrogen-bond donors (Lipinski definition) is 1. The quantitative estimate of drug-likeness (QED) is 0.750. The summed E-state index contributed by atoms with van der Waals surface area (Å²) < 4.78 is 4.95. The summed E-state index contributed by atoms with van der Waals surface area (Å²) in [7, 11) is 1.57. The van der Waals surface area contributed by atoms with Gasteiger partial charge in [0.15, 0.2) is 0 Å². The summed E-state index contributed by atoms with van der Waals surface area (Å²) in [6.45, 7) is 3.90. The van der Waals surface area contributed by atoms with Crippen LogP contribution in [0.1, 0.15) is 13.3 Å². The molecule has 7 nitrogen and oxygen atoms in total. The average molecular weight is 298 g/mol. The molecule has 2 rings (SSSR count). The van der Waals surface area contributed by atoms with Crippen molar-refractivity contribution in [3.63, 3.8) is 0 Å². The molecule has 2 heterocycles. The van der Waals surface area contributed by atoms with E-state index in [0.717, 1.165) is 0 Å². The number of aliphatic carboxylic acids is 1. The zero-order valence-electron chi connectivity index (χ0n) is 12.4. The first kappa shape index (κ1) is 15.8. The highest BCUT2D eigenvalue weighted by atomic mass is 16.5. The second kappa shape index (κ2) is 6.43. The average Bonchev–Trinajstić information content (AvgIpc) is 2.99. The lowest BCUT2D eigenvalue weighted by Crippen LogP contribution is -2.37. The molecular formula is C14H22N2O5. The first-order valence-corrected chi connectivity index (χ1v) is 7.22. The van der Waals surface area contributed by atoms with Crippen molar-refractivity contribution in [1.82, 2.24) is 9.80 Å². The second-order valence-electron chi connectivity index (χ2n) is 5.90. The van der Waals surface area contributed by atoms with Gasteiger partial charge in [-0.2, -0.15) is 0 Å². The highest BCUT2D eigenvalue weighted by molar-refractivity contribution is 5.89. The zero-order chi connectivity index (χ0) is 15.6. The maximum Gasteiger partial charge on any atom is 0.308 e. The van der Waals surface area contributed by atoms with Gasteiger partial charge in [0, 0.05) is 39.7 Å². The molecule has 1 N–H and O–H groups in total. The molecule has 0 radical (unpaired) electrons. The molecule has 0 aromatic carbocycles. The highest BCUT2D eigenvalue weighted by Gasteiger charge is 2.42. The van der Waals surface area contributed by atoms with E-state index in [2.05, 4.69) is 0 Å². The van der Waals surface area contributed by atoms with Crippen molar-refractivity contribution in [3.05, 3.63) is 0 Å². The van der Waals surface area contributed by atoms with Crippen LogP contribution in [0.5, 0.6) is 0 Å². The Labute approximate surface area is 123 Å². The van der Waals surface area contributed by atoms with Crippen LogP contribution in [0, 0.1) is 17.8 Å². The van der Waals surface area contributed by atoms with E-state index >= 15 is 0 Å². The van der Waals surface area contributed by atoms with Crippen LogP contribution in [0.25, 0.3) is 0 Å². The number of carboxylic acid groups (broad SMARTS) is 1. The van der Waals surface area contributed by atoms with Gasteiger partial charge >= 0.3 is 5.97 Å². The van der Waals surface area contributed by atoms with Crippen molar-refractivity contribution < 1.29 is 24.2 Å². The molecule has 0 aromatic heterocycles. The molecule has 2 aliphatic rings. The van der Waals surface area contributed by atoms with Crippen LogP contribution in [0.15, 0.2) is 0 Å². The number of carbonyl (C=O) groups is 3. The van der Waals surface area contributed by atoms with Crippen molar-refractivity contribution in [2.75, 3.05) is 39.9 Å². The molecular weight excluding hydrogens is 276 g/mol. The normalized spacial score (nSPS) is 29.2. The maximum absolute atomic E-state index is 12.4. The van der Waals surface area contributed by atoms with Crippen molar-refractivity contribution in [3.8, 4) is 0 Å². The Morgan fingerprint density at radius 2 is 2.05 bits per heavy atom. The molecule has 0 aliphatic carbocycles. The van der Waals surface area contributed by atoms with Gasteiger partial charge in [-0.3, -0.25) is 14.4 Å². The minimum absolute atomic E-state index is 0.0348.